The lowest BCUT2D eigenvalue weighted by Crippen LogP contribution is -2.52. The van der Waals surface area contributed by atoms with Gasteiger partial charge in [0, 0.05) is 6.54 Å². The van der Waals surface area contributed by atoms with Crippen molar-refractivity contribution in [2.24, 2.45) is 0 Å². The Bertz CT molecular complexity index is 608. The van der Waals surface area contributed by atoms with Gasteiger partial charge in [0.15, 0.2) is 6.10 Å². The van der Waals surface area contributed by atoms with Crippen molar-refractivity contribution in [2.75, 3.05) is 6.54 Å². The van der Waals surface area contributed by atoms with Crippen LogP contribution in [0.25, 0.3) is 0 Å². The van der Waals surface area contributed by atoms with Gasteiger partial charge in [0.05, 0.1) is 5.56 Å². The smallest absolute Gasteiger partial charge is 0.326 e. The van der Waals surface area contributed by atoms with Crippen LogP contribution in [0.15, 0.2) is 24.3 Å². The van der Waals surface area contributed by atoms with E-state index in [0.717, 1.165) is 12.8 Å². The van der Waals surface area contributed by atoms with Gasteiger partial charge in [-0.1, -0.05) is 12.1 Å². The van der Waals surface area contributed by atoms with Crippen molar-refractivity contribution in [1.29, 1.82) is 5.26 Å². The van der Waals surface area contributed by atoms with Crippen LogP contribution in [0.3, 0.4) is 0 Å². The normalized spacial score (nSPS) is 19.1. The molecule has 2 atom stereocenters. The summed E-state index contributed by atoms with van der Waals surface area (Å²) < 4.78 is 5.57. The summed E-state index contributed by atoms with van der Waals surface area (Å²) in [6.07, 6.45) is 1.21. The molecule has 1 heterocycles. The number of piperidine rings is 1. The summed E-state index contributed by atoms with van der Waals surface area (Å²) in [4.78, 5) is 25.1. The van der Waals surface area contributed by atoms with Crippen LogP contribution >= 0.6 is 0 Å². The van der Waals surface area contributed by atoms with E-state index in [4.69, 9.17) is 10.00 Å². The number of likely N-dealkylation sites (tertiary alicyclic amines) is 1. The lowest BCUT2D eigenvalue weighted by Gasteiger charge is -2.34. The Hall–Kier alpha value is -2.55. The molecule has 22 heavy (non-hydrogen) atoms. The fraction of sp³-hybridized carbons (Fsp3) is 0.438. The molecule has 1 fully saturated rings. The second-order valence-corrected chi connectivity index (χ2v) is 5.25. The topological polar surface area (TPSA) is 90.6 Å². The molecule has 2 rings (SSSR count). The van der Waals surface area contributed by atoms with E-state index in [9.17, 15) is 14.7 Å². The first-order chi connectivity index (χ1) is 10.5. The highest BCUT2D eigenvalue weighted by Crippen LogP contribution is 2.22. The largest absolute Gasteiger partial charge is 0.480 e. The number of carboxylic acid groups (broad SMARTS) is 1. The number of hydrogen-bond acceptors (Lipinski definition) is 4. The average Bonchev–Trinajstić information content (AvgIpc) is 2.54. The lowest BCUT2D eigenvalue weighted by atomic mass is 10.0. The molecule has 1 amide bonds. The first-order valence-corrected chi connectivity index (χ1v) is 7.23. The third-order valence-corrected chi connectivity index (χ3v) is 3.73. The van der Waals surface area contributed by atoms with Crippen LogP contribution in [0.5, 0.6) is 5.75 Å². The van der Waals surface area contributed by atoms with Gasteiger partial charge in [-0.3, -0.25) is 4.79 Å². The molecule has 0 unspecified atom stereocenters. The minimum Gasteiger partial charge on any atom is -0.480 e. The minimum atomic E-state index is -0.988. The number of nitriles is 1. The van der Waals surface area contributed by atoms with Gasteiger partial charge < -0.3 is 14.7 Å². The van der Waals surface area contributed by atoms with Gasteiger partial charge in [-0.05, 0) is 38.3 Å². The van der Waals surface area contributed by atoms with E-state index in [2.05, 4.69) is 0 Å². The SMILES string of the molecule is C[C@@H](Oc1ccccc1C#N)C(=O)N1CCCC[C@@H]1C(=O)O. The number of aliphatic carboxylic acids is 1. The Morgan fingerprint density at radius 2 is 2.14 bits per heavy atom. The molecule has 6 heteroatoms. The summed E-state index contributed by atoms with van der Waals surface area (Å²) in [5, 5.41) is 18.3. The molecule has 1 aliphatic heterocycles. The average molecular weight is 302 g/mol. The zero-order chi connectivity index (χ0) is 16.1. The molecular formula is C16H18N2O4. The molecular weight excluding hydrogens is 284 g/mol. The van der Waals surface area contributed by atoms with Gasteiger partial charge >= 0.3 is 5.97 Å². The van der Waals surface area contributed by atoms with E-state index >= 15 is 0 Å². The zero-order valence-corrected chi connectivity index (χ0v) is 12.4. The first-order valence-electron chi connectivity index (χ1n) is 7.23. The number of nitrogens with zero attached hydrogens (tertiary/aromatic N) is 2. The van der Waals surface area contributed by atoms with Crippen LogP contribution in [0.4, 0.5) is 0 Å². The van der Waals surface area contributed by atoms with Crippen LogP contribution in [0.1, 0.15) is 31.7 Å². The molecule has 116 valence electrons. The molecule has 0 saturated carbocycles. The molecule has 1 N–H and O–H groups in total. The molecule has 1 aliphatic rings. The number of amides is 1. The fourth-order valence-electron chi connectivity index (χ4n) is 2.59. The maximum atomic E-state index is 12.5. The van der Waals surface area contributed by atoms with Crippen molar-refractivity contribution in [3.8, 4) is 11.8 Å². The van der Waals surface area contributed by atoms with Gasteiger partial charge in [0.1, 0.15) is 17.9 Å². The van der Waals surface area contributed by atoms with Crippen molar-refractivity contribution in [3.05, 3.63) is 29.8 Å². The predicted octanol–water partition coefficient (Wildman–Crippen LogP) is 1.79. The quantitative estimate of drug-likeness (QED) is 0.915. The molecule has 0 aliphatic carbocycles. The van der Waals surface area contributed by atoms with Gasteiger partial charge in [-0.15, -0.1) is 0 Å². The molecule has 0 spiro atoms. The third-order valence-electron chi connectivity index (χ3n) is 3.73. The lowest BCUT2D eigenvalue weighted by molar-refractivity contribution is -0.155. The summed E-state index contributed by atoms with van der Waals surface area (Å²) in [5.41, 5.74) is 0.343. The van der Waals surface area contributed by atoms with E-state index in [1.165, 1.54) is 4.90 Å². The predicted molar refractivity (Wildman–Crippen MR) is 78.2 cm³/mol. The second kappa shape index (κ2) is 6.94. The Morgan fingerprint density at radius 3 is 2.82 bits per heavy atom. The zero-order valence-electron chi connectivity index (χ0n) is 12.4. The monoisotopic (exact) mass is 302 g/mol. The number of carboxylic acids is 1. The Morgan fingerprint density at radius 1 is 1.41 bits per heavy atom. The second-order valence-electron chi connectivity index (χ2n) is 5.25. The Balaban J connectivity index is 2.11. The molecule has 1 saturated heterocycles. The molecule has 1 aromatic rings. The summed E-state index contributed by atoms with van der Waals surface area (Å²) in [6.45, 7) is 1.99. The first kappa shape index (κ1) is 15.8. The van der Waals surface area contributed by atoms with E-state index in [1.54, 1.807) is 31.2 Å². The highest BCUT2D eigenvalue weighted by atomic mass is 16.5. The standard InChI is InChI=1S/C16H18N2O4/c1-11(22-14-8-3-2-6-12(14)10-17)15(19)18-9-5-4-7-13(18)16(20)21/h2-3,6,8,11,13H,4-5,7,9H2,1H3,(H,20,21)/t11-,13-/m1/s1. The number of benzene rings is 1. The number of rotatable bonds is 4. The Labute approximate surface area is 128 Å². The van der Waals surface area contributed by atoms with Crippen LogP contribution in [-0.2, 0) is 9.59 Å². The van der Waals surface area contributed by atoms with Gasteiger partial charge in [0.2, 0.25) is 0 Å². The van der Waals surface area contributed by atoms with Crippen LogP contribution < -0.4 is 4.74 Å². The number of hydrogen-bond donors (Lipinski definition) is 1. The molecule has 6 nitrogen and oxygen atoms in total. The summed E-state index contributed by atoms with van der Waals surface area (Å²) in [5.74, 6) is -1.02. The van der Waals surface area contributed by atoms with Gasteiger partial charge in [0.25, 0.3) is 5.91 Å². The third kappa shape index (κ3) is 3.37. The van der Waals surface area contributed by atoms with Crippen molar-refractivity contribution in [3.63, 3.8) is 0 Å². The van der Waals surface area contributed by atoms with E-state index in [-0.39, 0.29) is 5.91 Å². The summed E-state index contributed by atoms with van der Waals surface area (Å²) in [7, 11) is 0. The van der Waals surface area contributed by atoms with Gasteiger partial charge in [-0.25, -0.2) is 4.79 Å². The van der Waals surface area contributed by atoms with Gasteiger partial charge in [-0.2, -0.15) is 5.26 Å². The highest BCUT2D eigenvalue weighted by molar-refractivity contribution is 5.86. The van der Waals surface area contributed by atoms with Crippen molar-refractivity contribution < 1.29 is 19.4 Å². The number of ether oxygens (including phenoxy) is 1. The molecule has 1 aromatic carbocycles. The number of carbonyl (C=O) groups excluding carboxylic acids is 1. The van der Waals surface area contributed by atoms with Crippen LogP contribution in [0, 0.1) is 11.3 Å². The summed E-state index contributed by atoms with van der Waals surface area (Å²) >= 11 is 0. The minimum absolute atomic E-state index is 0.328. The van der Waals surface area contributed by atoms with Crippen molar-refractivity contribution in [2.45, 2.75) is 38.3 Å². The van der Waals surface area contributed by atoms with E-state index < -0.39 is 18.1 Å². The van der Waals surface area contributed by atoms with E-state index in [0.29, 0.717) is 24.3 Å². The molecule has 0 aromatic heterocycles. The van der Waals surface area contributed by atoms with Crippen LogP contribution in [0.2, 0.25) is 0 Å². The van der Waals surface area contributed by atoms with E-state index in [1.807, 2.05) is 6.07 Å². The van der Waals surface area contributed by atoms with Crippen molar-refractivity contribution >= 4 is 11.9 Å². The number of carbonyl (C=O) groups is 2. The van der Waals surface area contributed by atoms with Crippen LogP contribution in [-0.4, -0.2) is 40.6 Å². The maximum absolute atomic E-state index is 12.5. The van der Waals surface area contributed by atoms with Crippen molar-refractivity contribution in [1.82, 2.24) is 4.90 Å². The molecule has 0 bridgehead atoms. The highest BCUT2D eigenvalue weighted by Gasteiger charge is 2.34. The Kier molecular flexibility index (Phi) is 4.99. The maximum Gasteiger partial charge on any atom is 0.326 e. The molecule has 0 radical (unpaired) electrons. The fourth-order valence-corrected chi connectivity index (χ4v) is 2.59. The summed E-state index contributed by atoms with van der Waals surface area (Å²) in [6, 6.07) is 7.86. The number of para-hydroxylation sites is 1.